The van der Waals surface area contributed by atoms with Crippen molar-refractivity contribution in [2.45, 2.75) is 18.6 Å². The summed E-state index contributed by atoms with van der Waals surface area (Å²) < 4.78 is 52.9. The summed E-state index contributed by atoms with van der Waals surface area (Å²) in [7, 11) is 0. The van der Waals surface area contributed by atoms with Gasteiger partial charge in [-0.25, -0.2) is 4.39 Å². The summed E-state index contributed by atoms with van der Waals surface area (Å²) in [5, 5.41) is 15.5. The Morgan fingerprint density at radius 2 is 1.81 bits per heavy atom. The molecule has 1 aromatic heterocycles. The van der Waals surface area contributed by atoms with Gasteiger partial charge in [-0.15, -0.1) is 10.2 Å². The first kappa shape index (κ1) is 17.7. The minimum absolute atomic E-state index is 0.124. The first-order chi connectivity index (χ1) is 12.9. The van der Waals surface area contributed by atoms with Crippen LogP contribution >= 0.6 is 0 Å². The summed E-state index contributed by atoms with van der Waals surface area (Å²) in [5.74, 6) is -0.114. The van der Waals surface area contributed by atoms with Crippen molar-refractivity contribution in [1.82, 2.24) is 15.5 Å². The van der Waals surface area contributed by atoms with Gasteiger partial charge in [0.15, 0.2) is 5.82 Å². The predicted octanol–water partition coefficient (Wildman–Crippen LogP) is 4.23. The molecule has 140 valence electrons. The van der Waals surface area contributed by atoms with E-state index in [-0.39, 0.29) is 11.4 Å². The van der Waals surface area contributed by atoms with E-state index in [9.17, 15) is 17.6 Å². The fourth-order valence-electron chi connectivity index (χ4n) is 3.27. The number of hydrogen-bond acceptors (Lipinski definition) is 4. The molecule has 4 rings (SSSR count). The van der Waals surface area contributed by atoms with Gasteiger partial charge in [0.2, 0.25) is 0 Å². The highest BCUT2D eigenvalue weighted by Crippen LogP contribution is 2.34. The zero-order chi connectivity index (χ0) is 19.0. The Labute approximate surface area is 152 Å². The van der Waals surface area contributed by atoms with E-state index < -0.39 is 17.6 Å². The molecular formula is C19H16F4N4. The van der Waals surface area contributed by atoms with Crippen molar-refractivity contribution in [2.75, 3.05) is 18.4 Å². The molecule has 0 bridgehead atoms. The van der Waals surface area contributed by atoms with Crippen molar-refractivity contribution < 1.29 is 17.6 Å². The van der Waals surface area contributed by atoms with Crippen molar-refractivity contribution in [3.63, 3.8) is 0 Å². The Morgan fingerprint density at radius 1 is 1.04 bits per heavy atom. The Bertz CT molecular complexity index is 964. The van der Waals surface area contributed by atoms with Crippen molar-refractivity contribution >= 4 is 16.6 Å². The molecule has 2 heterocycles. The second kappa shape index (κ2) is 6.77. The number of anilines is 1. The first-order valence-electron chi connectivity index (χ1n) is 8.53. The van der Waals surface area contributed by atoms with E-state index in [1.54, 1.807) is 12.1 Å². The number of hydrogen-bond donors (Lipinski definition) is 2. The molecule has 1 saturated heterocycles. The summed E-state index contributed by atoms with van der Waals surface area (Å²) in [6.45, 7) is 1.62. The van der Waals surface area contributed by atoms with Crippen LogP contribution in [0.15, 0.2) is 42.5 Å². The lowest BCUT2D eigenvalue weighted by Gasteiger charge is -2.15. The van der Waals surface area contributed by atoms with Crippen LogP contribution in [0.5, 0.6) is 0 Å². The molecule has 1 aliphatic rings. The van der Waals surface area contributed by atoms with Crippen molar-refractivity contribution in [3.8, 4) is 11.3 Å². The lowest BCUT2D eigenvalue weighted by molar-refractivity contribution is -0.137. The Balaban J connectivity index is 1.79. The molecule has 0 spiro atoms. The van der Waals surface area contributed by atoms with Crippen molar-refractivity contribution in [1.29, 1.82) is 0 Å². The van der Waals surface area contributed by atoms with Crippen LogP contribution in [-0.2, 0) is 6.18 Å². The minimum atomic E-state index is -4.42. The number of fused-ring (bicyclic) bond motifs is 1. The molecule has 2 aromatic carbocycles. The molecule has 1 atom stereocenters. The molecule has 0 saturated carbocycles. The van der Waals surface area contributed by atoms with Gasteiger partial charge >= 0.3 is 6.18 Å². The molecule has 4 nitrogen and oxygen atoms in total. The maximum Gasteiger partial charge on any atom is 0.416 e. The monoisotopic (exact) mass is 376 g/mol. The molecule has 0 amide bonds. The van der Waals surface area contributed by atoms with E-state index >= 15 is 0 Å². The number of halogens is 4. The lowest BCUT2D eigenvalue weighted by Crippen LogP contribution is -2.23. The molecule has 27 heavy (non-hydrogen) atoms. The van der Waals surface area contributed by atoms with Crippen LogP contribution in [0.2, 0.25) is 0 Å². The summed E-state index contributed by atoms with van der Waals surface area (Å²) in [6.07, 6.45) is -3.53. The van der Waals surface area contributed by atoms with E-state index in [4.69, 9.17) is 0 Å². The standard InChI is InChI=1S/C19H16F4N4/c20-15-3-1-2-14-16(15)18(25-13-8-9-24-10-13)27-26-17(14)11-4-6-12(7-5-11)19(21,22)23/h1-7,13,24H,8-10H2,(H,25,27). The zero-order valence-electron chi connectivity index (χ0n) is 14.1. The zero-order valence-corrected chi connectivity index (χ0v) is 14.1. The van der Waals surface area contributed by atoms with E-state index in [1.807, 2.05) is 0 Å². The highest BCUT2D eigenvalue weighted by atomic mass is 19.4. The second-order valence-corrected chi connectivity index (χ2v) is 6.47. The van der Waals surface area contributed by atoms with Gasteiger partial charge in [-0.05, 0) is 31.2 Å². The summed E-state index contributed by atoms with van der Waals surface area (Å²) >= 11 is 0. The smallest absolute Gasteiger partial charge is 0.364 e. The summed E-state index contributed by atoms with van der Waals surface area (Å²) in [4.78, 5) is 0. The molecule has 2 N–H and O–H groups in total. The van der Waals surface area contributed by atoms with Gasteiger partial charge in [0.1, 0.15) is 11.5 Å². The Kier molecular flexibility index (Phi) is 4.43. The third-order valence-corrected chi connectivity index (χ3v) is 4.64. The van der Waals surface area contributed by atoms with Crippen molar-refractivity contribution in [2.24, 2.45) is 0 Å². The minimum Gasteiger partial charge on any atom is -0.364 e. The van der Waals surface area contributed by atoms with E-state index in [1.165, 1.54) is 18.2 Å². The van der Waals surface area contributed by atoms with Gasteiger partial charge < -0.3 is 10.6 Å². The largest absolute Gasteiger partial charge is 0.416 e. The summed E-state index contributed by atoms with van der Waals surface area (Å²) in [6, 6.07) is 9.32. The molecule has 1 fully saturated rings. The highest BCUT2D eigenvalue weighted by Gasteiger charge is 2.30. The van der Waals surface area contributed by atoms with Crippen LogP contribution < -0.4 is 10.6 Å². The SMILES string of the molecule is Fc1cccc2c(-c3ccc(C(F)(F)F)cc3)nnc(NC3CCNC3)c12. The van der Waals surface area contributed by atoms with Crippen LogP contribution in [0.1, 0.15) is 12.0 Å². The predicted molar refractivity (Wildman–Crippen MR) is 94.8 cm³/mol. The topological polar surface area (TPSA) is 49.8 Å². The highest BCUT2D eigenvalue weighted by molar-refractivity contribution is 6.00. The van der Waals surface area contributed by atoms with Gasteiger partial charge in [0.25, 0.3) is 0 Å². The van der Waals surface area contributed by atoms with Gasteiger partial charge in [0.05, 0.1) is 10.9 Å². The number of alkyl halides is 3. The first-order valence-corrected chi connectivity index (χ1v) is 8.53. The maximum absolute atomic E-state index is 14.6. The molecule has 3 aromatic rings. The van der Waals surface area contributed by atoms with Gasteiger partial charge in [-0.3, -0.25) is 0 Å². The molecule has 1 aliphatic heterocycles. The Hall–Kier alpha value is -2.74. The number of aromatic nitrogens is 2. The van der Waals surface area contributed by atoms with Crippen LogP contribution in [-0.4, -0.2) is 29.3 Å². The normalized spacial score (nSPS) is 17.4. The third kappa shape index (κ3) is 3.44. The fourth-order valence-corrected chi connectivity index (χ4v) is 3.27. The quantitative estimate of drug-likeness (QED) is 0.672. The lowest BCUT2D eigenvalue weighted by atomic mass is 10.0. The maximum atomic E-state index is 14.6. The van der Waals surface area contributed by atoms with E-state index in [0.717, 1.165) is 31.6 Å². The van der Waals surface area contributed by atoms with Crippen molar-refractivity contribution in [3.05, 3.63) is 53.8 Å². The van der Waals surface area contributed by atoms with Crippen LogP contribution in [0.4, 0.5) is 23.4 Å². The van der Waals surface area contributed by atoms with Gasteiger partial charge in [-0.2, -0.15) is 13.2 Å². The summed E-state index contributed by atoms with van der Waals surface area (Å²) in [5.41, 5.74) is 0.0372. The van der Waals surface area contributed by atoms with Crippen LogP contribution in [0.3, 0.4) is 0 Å². The fraction of sp³-hybridized carbons (Fsp3) is 0.263. The molecule has 0 aliphatic carbocycles. The molecule has 8 heteroatoms. The average molecular weight is 376 g/mol. The van der Waals surface area contributed by atoms with Crippen LogP contribution in [0.25, 0.3) is 22.0 Å². The number of nitrogens with zero attached hydrogens (tertiary/aromatic N) is 2. The number of nitrogens with one attached hydrogen (secondary N) is 2. The number of rotatable bonds is 3. The Morgan fingerprint density at radius 3 is 2.48 bits per heavy atom. The van der Waals surface area contributed by atoms with Crippen LogP contribution in [0, 0.1) is 5.82 Å². The third-order valence-electron chi connectivity index (χ3n) is 4.64. The van der Waals surface area contributed by atoms with E-state index in [2.05, 4.69) is 20.8 Å². The molecular weight excluding hydrogens is 360 g/mol. The van der Waals surface area contributed by atoms with E-state index in [0.29, 0.717) is 22.5 Å². The average Bonchev–Trinajstić information content (AvgIpc) is 3.14. The number of benzene rings is 2. The second-order valence-electron chi connectivity index (χ2n) is 6.47. The molecule has 0 radical (unpaired) electrons. The molecule has 1 unspecified atom stereocenters. The van der Waals surface area contributed by atoms with Gasteiger partial charge in [-0.1, -0.05) is 24.3 Å². The van der Waals surface area contributed by atoms with Gasteiger partial charge in [0, 0.05) is 23.5 Å².